The second kappa shape index (κ2) is 16.3. The van der Waals surface area contributed by atoms with Gasteiger partial charge in [0, 0.05) is 58.1 Å². The second-order valence-electron chi connectivity index (χ2n) is 11.2. The molecule has 1 radical (unpaired) electrons. The van der Waals surface area contributed by atoms with Crippen LogP contribution in [0.15, 0.2) is 141 Å². The van der Waals surface area contributed by atoms with Crippen LogP contribution in [0, 0.1) is 10.1 Å². The van der Waals surface area contributed by atoms with Gasteiger partial charge in [0.05, 0.1) is 17.7 Å². The molecule has 16 heteroatoms. The summed E-state index contributed by atoms with van der Waals surface area (Å²) >= 11 is 0. The van der Waals surface area contributed by atoms with E-state index in [9.17, 15) is 33.3 Å². The summed E-state index contributed by atoms with van der Waals surface area (Å²) in [5.41, 5.74) is 2.91. The van der Waals surface area contributed by atoms with Gasteiger partial charge in [0.1, 0.15) is 33.5 Å². The SMILES string of the molecule is COc1cc(N=Nc2ccc3cc(Nc4ccccc4)ccc3c2O)c(O)cc1N=Nc1ccc(C=Cc2ccc([N+](=O)[O-])cc2S(=O)(=O)O)cc1.[Cu]. The first-order valence-electron chi connectivity index (χ1n) is 15.3. The molecule has 4 N–H and O–H groups in total. The van der Waals surface area contributed by atoms with E-state index in [1.165, 1.54) is 31.4 Å². The molecule has 6 aromatic rings. The fourth-order valence-corrected chi connectivity index (χ4v) is 5.78. The Hall–Kier alpha value is -6.45. The number of nitro groups is 1. The molecular formula is C37H28CuN6O8S. The Morgan fingerprint density at radius 3 is 2.17 bits per heavy atom. The number of rotatable bonds is 11. The summed E-state index contributed by atoms with van der Waals surface area (Å²) in [6.07, 6.45) is 2.96. The molecule has 53 heavy (non-hydrogen) atoms. The van der Waals surface area contributed by atoms with Crippen molar-refractivity contribution in [1.82, 2.24) is 0 Å². The van der Waals surface area contributed by atoms with Crippen molar-refractivity contribution in [3.05, 3.63) is 137 Å². The fourth-order valence-electron chi connectivity index (χ4n) is 5.07. The molecular weight excluding hydrogens is 752 g/mol. The summed E-state index contributed by atoms with van der Waals surface area (Å²) in [6.45, 7) is 0. The van der Waals surface area contributed by atoms with Crippen LogP contribution in [0.3, 0.4) is 0 Å². The topological polar surface area (TPSA) is 209 Å². The van der Waals surface area contributed by atoms with Crippen LogP contribution in [0.4, 0.5) is 39.8 Å². The standard InChI is InChI=1S/C37H28N6O8S.Cu/c1-51-35-22-32(41-40-31-18-12-25-19-28(15-17-30(25)37(31)45)38-26-5-3-2-4-6-26)34(44)21-33(35)42-39-27-13-8-23(9-14-27)7-10-24-11-16-29(43(46)47)20-36(24)52(48,49)50;/h2-22,38,44-45H,1H3,(H,48,49,50);. The van der Waals surface area contributed by atoms with Gasteiger partial charge in [0.15, 0.2) is 5.75 Å². The van der Waals surface area contributed by atoms with E-state index in [1.54, 1.807) is 42.5 Å². The summed E-state index contributed by atoms with van der Waals surface area (Å²) in [7, 11) is -3.30. The van der Waals surface area contributed by atoms with Crippen molar-refractivity contribution in [1.29, 1.82) is 0 Å². The molecule has 271 valence electrons. The Bertz CT molecular complexity index is 2510. The zero-order chi connectivity index (χ0) is 36.8. The van der Waals surface area contributed by atoms with Crippen LogP contribution < -0.4 is 10.1 Å². The molecule has 0 spiro atoms. The van der Waals surface area contributed by atoms with E-state index >= 15 is 0 Å². The molecule has 6 aromatic carbocycles. The summed E-state index contributed by atoms with van der Waals surface area (Å²) in [4.78, 5) is 9.68. The van der Waals surface area contributed by atoms with Gasteiger partial charge in [0.25, 0.3) is 15.8 Å². The number of ether oxygens (including phenoxy) is 1. The Kier molecular flexibility index (Phi) is 11.6. The third-order valence-corrected chi connectivity index (χ3v) is 8.59. The third kappa shape index (κ3) is 9.08. The summed E-state index contributed by atoms with van der Waals surface area (Å²) in [5.74, 6) is -0.0829. The number of phenols is 2. The number of hydrogen-bond donors (Lipinski definition) is 4. The van der Waals surface area contributed by atoms with Crippen LogP contribution in [-0.2, 0) is 27.2 Å². The molecule has 0 aliphatic heterocycles. The third-order valence-electron chi connectivity index (χ3n) is 7.68. The monoisotopic (exact) mass is 779 g/mol. The van der Waals surface area contributed by atoms with Crippen molar-refractivity contribution >= 4 is 72.9 Å². The normalized spacial score (nSPS) is 11.7. The smallest absolute Gasteiger partial charge is 0.295 e. The zero-order valence-electron chi connectivity index (χ0n) is 27.5. The number of hydrogen-bond acceptors (Lipinski definition) is 12. The molecule has 0 amide bonds. The van der Waals surface area contributed by atoms with Gasteiger partial charge in [-0.05, 0) is 71.1 Å². The molecule has 0 aliphatic carbocycles. The van der Waals surface area contributed by atoms with Gasteiger partial charge in [-0.25, -0.2) is 0 Å². The largest absolute Gasteiger partial charge is 0.506 e. The molecule has 0 aromatic heterocycles. The van der Waals surface area contributed by atoms with Gasteiger partial charge in [0.2, 0.25) is 0 Å². The van der Waals surface area contributed by atoms with Crippen molar-refractivity contribution in [2.45, 2.75) is 4.90 Å². The number of non-ortho nitro benzene ring substituents is 1. The van der Waals surface area contributed by atoms with Crippen molar-refractivity contribution in [3.8, 4) is 17.2 Å². The first-order chi connectivity index (χ1) is 25.0. The number of para-hydroxylation sites is 1. The molecule has 14 nitrogen and oxygen atoms in total. The van der Waals surface area contributed by atoms with Gasteiger partial charge >= 0.3 is 0 Å². The van der Waals surface area contributed by atoms with E-state index in [0.29, 0.717) is 16.6 Å². The number of phenolic OH excluding ortho intramolecular Hbond substituents is 2. The zero-order valence-corrected chi connectivity index (χ0v) is 29.2. The van der Waals surface area contributed by atoms with Crippen LogP contribution in [0.25, 0.3) is 22.9 Å². The summed E-state index contributed by atoms with van der Waals surface area (Å²) in [5, 5.41) is 54.0. The van der Waals surface area contributed by atoms with Crippen LogP contribution in [-0.4, -0.2) is 35.2 Å². The van der Waals surface area contributed by atoms with Crippen molar-refractivity contribution in [2.75, 3.05) is 12.4 Å². The van der Waals surface area contributed by atoms with Crippen molar-refractivity contribution in [2.24, 2.45) is 20.5 Å². The number of nitro benzene ring substituents is 1. The molecule has 0 saturated carbocycles. The Balaban J connectivity index is 0.00000541. The minimum atomic E-state index is -4.71. The number of aromatic hydroxyl groups is 2. The van der Waals surface area contributed by atoms with Crippen molar-refractivity contribution < 1.29 is 49.9 Å². The van der Waals surface area contributed by atoms with E-state index < -0.39 is 25.6 Å². The van der Waals surface area contributed by atoms with Crippen molar-refractivity contribution in [3.63, 3.8) is 0 Å². The van der Waals surface area contributed by atoms with E-state index in [-0.39, 0.29) is 56.9 Å². The molecule has 0 fully saturated rings. The minimum absolute atomic E-state index is 0. The number of nitrogens with one attached hydrogen (secondary N) is 1. The predicted molar refractivity (Wildman–Crippen MR) is 197 cm³/mol. The summed E-state index contributed by atoms with van der Waals surface area (Å²) < 4.78 is 38.5. The summed E-state index contributed by atoms with van der Waals surface area (Å²) in [6, 6.07) is 31.2. The van der Waals surface area contributed by atoms with Gasteiger partial charge in [-0.2, -0.15) is 13.5 Å². The molecule has 0 bridgehead atoms. The number of fused-ring (bicyclic) bond motifs is 1. The number of anilines is 2. The first-order valence-corrected chi connectivity index (χ1v) is 16.8. The maximum atomic E-state index is 11.8. The van der Waals surface area contributed by atoms with Gasteiger partial charge in [-0.15, -0.1) is 15.3 Å². The van der Waals surface area contributed by atoms with Crippen LogP contribution >= 0.6 is 0 Å². The average molecular weight is 780 g/mol. The molecule has 0 heterocycles. The van der Waals surface area contributed by atoms with E-state index in [2.05, 4.69) is 25.8 Å². The van der Waals surface area contributed by atoms with E-state index in [0.717, 1.165) is 28.9 Å². The minimum Gasteiger partial charge on any atom is -0.506 e. The fraction of sp³-hybridized carbons (Fsp3) is 0.0270. The molecule has 6 rings (SSSR count). The van der Waals surface area contributed by atoms with Crippen LogP contribution in [0.2, 0.25) is 0 Å². The van der Waals surface area contributed by atoms with Gasteiger partial charge in [-0.1, -0.05) is 48.6 Å². The Morgan fingerprint density at radius 2 is 1.47 bits per heavy atom. The van der Waals surface area contributed by atoms with Gasteiger partial charge < -0.3 is 20.3 Å². The number of azo groups is 2. The van der Waals surface area contributed by atoms with E-state index in [1.807, 2.05) is 48.5 Å². The number of methoxy groups -OCH3 is 1. The van der Waals surface area contributed by atoms with Crippen LogP contribution in [0.1, 0.15) is 11.1 Å². The average Bonchev–Trinajstić information content (AvgIpc) is 3.13. The quantitative estimate of drug-likeness (QED) is 0.0246. The first kappa shape index (κ1) is 37.8. The maximum absolute atomic E-state index is 11.8. The number of benzene rings is 6. The van der Waals surface area contributed by atoms with Crippen LogP contribution in [0.5, 0.6) is 17.2 Å². The molecule has 0 aliphatic rings. The second-order valence-corrected chi connectivity index (χ2v) is 12.5. The maximum Gasteiger partial charge on any atom is 0.295 e. The molecule has 0 saturated heterocycles. The molecule has 0 atom stereocenters. The molecule has 0 unspecified atom stereocenters. The predicted octanol–water partition coefficient (Wildman–Crippen LogP) is 10.2. The van der Waals surface area contributed by atoms with E-state index in [4.69, 9.17) is 4.74 Å². The Morgan fingerprint density at radius 1 is 0.755 bits per heavy atom. The van der Waals surface area contributed by atoms with Gasteiger partial charge in [-0.3, -0.25) is 14.7 Å². The number of nitrogens with zero attached hydrogens (tertiary/aromatic N) is 5. The Labute approximate surface area is 313 Å².